The zero-order valence-electron chi connectivity index (χ0n) is 17.0. The zero-order valence-corrected chi connectivity index (χ0v) is 17.0. The second-order valence-corrected chi connectivity index (χ2v) is 7.64. The van der Waals surface area contributed by atoms with Crippen LogP contribution in [0.1, 0.15) is 29.2 Å². The average molecular weight is 413 g/mol. The molecule has 0 spiro atoms. The van der Waals surface area contributed by atoms with Gasteiger partial charge >= 0.3 is 0 Å². The molecule has 1 saturated heterocycles. The second kappa shape index (κ2) is 8.16. The van der Waals surface area contributed by atoms with Crippen LogP contribution in [-0.2, 0) is 0 Å². The van der Waals surface area contributed by atoms with E-state index in [9.17, 15) is 4.79 Å². The van der Waals surface area contributed by atoms with Gasteiger partial charge in [0.2, 0.25) is 5.91 Å². The first-order valence-corrected chi connectivity index (χ1v) is 10.4. The summed E-state index contributed by atoms with van der Waals surface area (Å²) in [5.74, 6) is 0.795. The highest BCUT2D eigenvalue weighted by atomic mass is 16.1. The summed E-state index contributed by atoms with van der Waals surface area (Å²) in [6.07, 6.45) is 3.82. The second-order valence-electron chi connectivity index (χ2n) is 7.64. The van der Waals surface area contributed by atoms with Crippen molar-refractivity contribution < 1.29 is 4.79 Å². The average Bonchev–Trinajstić information content (AvgIpc) is 3.25. The molecule has 2 aromatic carbocycles. The van der Waals surface area contributed by atoms with Crippen molar-refractivity contribution in [2.24, 2.45) is 5.73 Å². The van der Waals surface area contributed by atoms with Crippen LogP contribution in [0.15, 0.2) is 60.8 Å². The minimum absolute atomic E-state index is 0.295. The van der Waals surface area contributed by atoms with Crippen LogP contribution in [0.25, 0.3) is 22.4 Å². The van der Waals surface area contributed by atoms with Crippen molar-refractivity contribution in [1.29, 1.82) is 0 Å². The molecule has 1 aliphatic rings. The van der Waals surface area contributed by atoms with Gasteiger partial charge < -0.3 is 16.4 Å². The maximum atomic E-state index is 11.6. The van der Waals surface area contributed by atoms with Crippen LogP contribution < -0.4 is 16.4 Å². The Kier molecular flexibility index (Phi) is 5.05. The third kappa shape index (κ3) is 3.85. The van der Waals surface area contributed by atoms with Gasteiger partial charge in [-0.15, -0.1) is 0 Å². The van der Waals surface area contributed by atoms with Gasteiger partial charge in [-0.3, -0.25) is 4.79 Å². The number of rotatable bonds is 5. The molecule has 1 amide bonds. The molecule has 0 unspecified atom stereocenters. The number of carbonyl (C=O) groups is 1. The summed E-state index contributed by atoms with van der Waals surface area (Å²) in [5.41, 5.74) is 8.33. The van der Waals surface area contributed by atoms with Crippen molar-refractivity contribution in [1.82, 2.24) is 25.1 Å². The largest absolute Gasteiger partial charge is 0.366 e. The van der Waals surface area contributed by atoms with Gasteiger partial charge in [0.1, 0.15) is 5.82 Å². The Labute approximate surface area is 179 Å². The number of anilines is 2. The van der Waals surface area contributed by atoms with E-state index in [0.717, 1.165) is 48.2 Å². The lowest BCUT2D eigenvalue weighted by Crippen LogP contribution is -2.30. The lowest BCUT2D eigenvalue weighted by Gasteiger charge is -2.23. The lowest BCUT2D eigenvalue weighted by atomic mass is 10.1. The van der Waals surface area contributed by atoms with E-state index >= 15 is 0 Å². The van der Waals surface area contributed by atoms with Gasteiger partial charge in [0.25, 0.3) is 0 Å². The molecule has 0 atom stereocenters. The van der Waals surface area contributed by atoms with Gasteiger partial charge in [0, 0.05) is 16.8 Å². The third-order valence-corrected chi connectivity index (χ3v) is 5.55. The Morgan fingerprint density at radius 3 is 2.65 bits per heavy atom. The fraction of sp³-hybridized carbons (Fsp3) is 0.217. The molecule has 8 nitrogen and oxygen atoms in total. The smallest absolute Gasteiger partial charge is 0.248 e. The molecule has 4 aromatic rings. The fourth-order valence-electron chi connectivity index (χ4n) is 3.94. The Morgan fingerprint density at radius 2 is 1.87 bits per heavy atom. The molecule has 31 heavy (non-hydrogen) atoms. The molecule has 2 aromatic heterocycles. The first kappa shape index (κ1) is 19.2. The van der Waals surface area contributed by atoms with E-state index in [2.05, 4.69) is 15.7 Å². The SMILES string of the molecule is NC(=O)c1cccc(Nc2nc(-c3ccccc3)nc3c2cnn3C2CCNCC2)c1. The van der Waals surface area contributed by atoms with Crippen LogP contribution in [0.4, 0.5) is 11.5 Å². The van der Waals surface area contributed by atoms with Crippen LogP contribution in [0.2, 0.25) is 0 Å². The number of hydrogen-bond donors (Lipinski definition) is 3. The first-order chi connectivity index (χ1) is 15.2. The Bertz CT molecular complexity index is 1230. The molecular formula is C23H23N7O. The number of benzene rings is 2. The number of fused-ring (bicyclic) bond motifs is 1. The van der Waals surface area contributed by atoms with E-state index in [1.54, 1.807) is 18.2 Å². The van der Waals surface area contributed by atoms with Crippen LogP contribution in [0.3, 0.4) is 0 Å². The van der Waals surface area contributed by atoms with Gasteiger partial charge in [-0.2, -0.15) is 5.10 Å². The van der Waals surface area contributed by atoms with Crippen molar-refractivity contribution >= 4 is 28.4 Å². The molecule has 3 heterocycles. The predicted molar refractivity (Wildman–Crippen MR) is 120 cm³/mol. The van der Waals surface area contributed by atoms with Crippen molar-refractivity contribution in [2.75, 3.05) is 18.4 Å². The summed E-state index contributed by atoms with van der Waals surface area (Å²) in [7, 11) is 0. The molecule has 4 N–H and O–H groups in total. The maximum absolute atomic E-state index is 11.6. The van der Waals surface area contributed by atoms with Crippen molar-refractivity contribution in [3.63, 3.8) is 0 Å². The Balaban J connectivity index is 1.63. The number of amides is 1. The van der Waals surface area contributed by atoms with E-state index in [1.165, 1.54) is 0 Å². The number of nitrogens with zero attached hydrogens (tertiary/aromatic N) is 4. The van der Waals surface area contributed by atoms with Gasteiger partial charge in [-0.25, -0.2) is 14.6 Å². The van der Waals surface area contributed by atoms with Crippen molar-refractivity contribution in [3.8, 4) is 11.4 Å². The third-order valence-electron chi connectivity index (χ3n) is 5.55. The standard InChI is InChI=1S/C23H23N7O/c24-20(31)16-7-4-8-17(13-16)27-22-19-14-26-30(18-9-11-25-12-10-18)23(19)29-21(28-22)15-5-2-1-3-6-15/h1-8,13-14,18,25H,9-12H2,(H2,24,31)(H,27,28,29). The summed E-state index contributed by atoms with van der Waals surface area (Å²) in [6.45, 7) is 1.93. The highest BCUT2D eigenvalue weighted by Crippen LogP contribution is 2.30. The molecule has 0 radical (unpaired) electrons. The monoisotopic (exact) mass is 413 g/mol. The molecule has 0 aliphatic carbocycles. The molecule has 1 fully saturated rings. The zero-order chi connectivity index (χ0) is 21.2. The highest BCUT2D eigenvalue weighted by molar-refractivity contribution is 5.95. The molecule has 0 saturated carbocycles. The number of aromatic nitrogens is 4. The summed E-state index contributed by atoms with van der Waals surface area (Å²) in [4.78, 5) is 21.3. The number of nitrogens with two attached hydrogens (primary N) is 1. The molecule has 1 aliphatic heterocycles. The highest BCUT2D eigenvalue weighted by Gasteiger charge is 2.21. The molecule has 8 heteroatoms. The topological polar surface area (TPSA) is 111 Å². The van der Waals surface area contributed by atoms with Crippen molar-refractivity contribution in [3.05, 3.63) is 66.4 Å². The summed E-state index contributed by atoms with van der Waals surface area (Å²) >= 11 is 0. The Hall–Kier alpha value is -3.78. The van der Waals surface area contributed by atoms with Crippen LogP contribution in [-0.4, -0.2) is 38.7 Å². The lowest BCUT2D eigenvalue weighted by molar-refractivity contribution is 0.100. The van der Waals surface area contributed by atoms with Crippen LogP contribution >= 0.6 is 0 Å². The van der Waals surface area contributed by atoms with Gasteiger partial charge in [-0.05, 0) is 44.1 Å². The van der Waals surface area contributed by atoms with Crippen LogP contribution in [0.5, 0.6) is 0 Å². The molecular weight excluding hydrogens is 390 g/mol. The summed E-state index contributed by atoms with van der Waals surface area (Å²) in [6, 6.07) is 17.3. The number of carbonyl (C=O) groups excluding carboxylic acids is 1. The summed E-state index contributed by atoms with van der Waals surface area (Å²) < 4.78 is 2.02. The van der Waals surface area contributed by atoms with Crippen molar-refractivity contribution in [2.45, 2.75) is 18.9 Å². The number of primary amides is 1. The molecule has 0 bridgehead atoms. The minimum Gasteiger partial charge on any atom is -0.366 e. The maximum Gasteiger partial charge on any atom is 0.248 e. The molecule has 5 rings (SSSR count). The Morgan fingerprint density at radius 1 is 1.06 bits per heavy atom. The van der Waals surface area contributed by atoms with Gasteiger partial charge in [0.15, 0.2) is 11.5 Å². The van der Waals surface area contributed by atoms with E-state index in [0.29, 0.717) is 23.2 Å². The number of piperidine rings is 1. The number of hydrogen-bond acceptors (Lipinski definition) is 6. The van der Waals surface area contributed by atoms with E-state index in [-0.39, 0.29) is 0 Å². The first-order valence-electron chi connectivity index (χ1n) is 10.4. The van der Waals surface area contributed by atoms with Gasteiger partial charge in [0.05, 0.1) is 17.6 Å². The van der Waals surface area contributed by atoms with E-state index in [4.69, 9.17) is 15.7 Å². The molecule has 156 valence electrons. The normalized spacial score (nSPS) is 14.6. The number of nitrogens with one attached hydrogen (secondary N) is 2. The van der Waals surface area contributed by atoms with Crippen LogP contribution in [0, 0.1) is 0 Å². The minimum atomic E-state index is -0.472. The quantitative estimate of drug-likeness (QED) is 0.463. The van der Waals surface area contributed by atoms with Gasteiger partial charge in [-0.1, -0.05) is 36.4 Å². The van der Waals surface area contributed by atoms with E-state index < -0.39 is 5.91 Å². The predicted octanol–water partition coefficient (Wildman–Crippen LogP) is 3.26. The van der Waals surface area contributed by atoms with E-state index in [1.807, 2.05) is 47.3 Å². The fourth-order valence-corrected chi connectivity index (χ4v) is 3.94. The summed E-state index contributed by atoms with van der Waals surface area (Å²) in [5, 5.41) is 12.3.